The number of nitrogens with one attached hydrogen (secondary N) is 2. The highest BCUT2D eigenvalue weighted by atomic mass is 16.2. The van der Waals surface area contributed by atoms with Gasteiger partial charge in [0.2, 0.25) is 11.7 Å². The van der Waals surface area contributed by atoms with Crippen molar-refractivity contribution in [1.29, 1.82) is 0 Å². The summed E-state index contributed by atoms with van der Waals surface area (Å²) in [5.74, 6) is -0.698. The van der Waals surface area contributed by atoms with Crippen LogP contribution in [0.5, 0.6) is 0 Å². The lowest BCUT2D eigenvalue weighted by molar-refractivity contribution is -0.117. The average Bonchev–Trinajstić information content (AvgIpc) is 3.22. The number of hydrogen-bond donors (Lipinski definition) is 2. The molecule has 3 aromatic carbocycles. The van der Waals surface area contributed by atoms with Crippen LogP contribution in [0.2, 0.25) is 0 Å². The molecule has 0 spiro atoms. The number of aromatic nitrogens is 4. The van der Waals surface area contributed by atoms with Crippen molar-refractivity contribution in [2.75, 3.05) is 5.32 Å². The molecule has 10 nitrogen and oxygen atoms in total. The summed E-state index contributed by atoms with van der Waals surface area (Å²) >= 11 is 0. The van der Waals surface area contributed by atoms with Gasteiger partial charge in [0.25, 0.3) is 11.5 Å². The molecule has 5 aromatic rings. The molecule has 0 fully saturated rings. The van der Waals surface area contributed by atoms with E-state index in [4.69, 9.17) is 0 Å². The quantitative estimate of drug-likeness (QED) is 0.349. The average molecular weight is 511 g/mol. The Labute approximate surface area is 217 Å². The Morgan fingerprint density at radius 2 is 1.61 bits per heavy atom. The highest BCUT2D eigenvalue weighted by molar-refractivity contribution is 5.98. The first kappa shape index (κ1) is 24.7. The molecule has 0 saturated carbocycles. The van der Waals surface area contributed by atoms with E-state index in [1.54, 1.807) is 36.4 Å². The van der Waals surface area contributed by atoms with Crippen LogP contribution >= 0.6 is 0 Å². The number of para-hydroxylation sites is 1. The molecule has 38 heavy (non-hydrogen) atoms. The first-order valence-electron chi connectivity index (χ1n) is 12.2. The molecule has 0 saturated heterocycles. The molecular weight excluding hydrogens is 484 g/mol. The standard InChI is InChI=1S/C28H26N6O4/c1-18(2)29-25(36)20-13-14-22-23(15-20)34-27(32(26(22)37)16-19-9-5-3-6-10-19)31-33(28(34)38)17-24(35)30-21-11-7-4-8-12-21/h3-15,18H,16-17H2,1-2H3,(H,29,36)(H,30,35). The molecule has 2 N–H and O–H groups in total. The van der Waals surface area contributed by atoms with Crippen LogP contribution in [-0.2, 0) is 17.9 Å². The van der Waals surface area contributed by atoms with Crippen molar-refractivity contribution in [3.8, 4) is 0 Å². The predicted molar refractivity (Wildman–Crippen MR) is 144 cm³/mol. The number of anilines is 1. The second kappa shape index (κ2) is 10.2. The van der Waals surface area contributed by atoms with Gasteiger partial charge in [0.05, 0.1) is 17.4 Å². The highest BCUT2D eigenvalue weighted by Gasteiger charge is 2.20. The Hall–Kier alpha value is -4.99. The van der Waals surface area contributed by atoms with Crippen LogP contribution in [0.1, 0.15) is 29.8 Å². The molecule has 0 bridgehead atoms. The third-order valence-corrected chi connectivity index (χ3v) is 5.99. The van der Waals surface area contributed by atoms with E-state index in [2.05, 4.69) is 15.7 Å². The van der Waals surface area contributed by atoms with Crippen molar-refractivity contribution >= 4 is 34.2 Å². The monoisotopic (exact) mass is 510 g/mol. The molecule has 2 heterocycles. The smallest absolute Gasteiger partial charge is 0.350 e. The van der Waals surface area contributed by atoms with Crippen LogP contribution in [0.15, 0.2) is 88.5 Å². The van der Waals surface area contributed by atoms with Crippen molar-refractivity contribution in [1.82, 2.24) is 24.1 Å². The fourth-order valence-corrected chi connectivity index (χ4v) is 4.27. The zero-order valence-electron chi connectivity index (χ0n) is 20.9. The molecular formula is C28H26N6O4. The van der Waals surface area contributed by atoms with Gasteiger partial charge in [-0.2, -0.15) is 0 Å². The lowest BCUT2D eigenvalue weighted by Crippen LogP contribution is -2.31. The third kappa shape index (κ3) is 4.83. The minimum atomic E-state index is -0.601. The van der Waals surface area contributed by atoms with Gasteiger partial charge in [0, 0.05) is 17.3 Å². The number of carbonyl (C=O) groups is 2. The minimum absolute atomic E-state index is 0.0743. The second-order valence-corrected chi connectivity index (χ2v) is 9.23. The van der Waals surface area contributed by atoms with E-state index in [0.717, 1.165) is 10.2 Å². The van der Waals surface area contributed by atoms with Gasteiger partial charge in [-0.05, 0) is 49.7 Å². The van der Waals surface area contributed by atoms with E-state index in [1.165, 1.54) is 15.0 Å². The maximum atomic E-state index is 13.6. The van der Waals surface area contributed by atoms with E-state index >= 15 is 0 Å². The highest BCUT2D eigenvalue weighted by Crippen LogP contribution is 2.16. The maximum absolute atomic E-state index is 13.6. The third-order valence-electron chi connectivity index (χ3n) is 5.99. The van der Waals surface area contributed by atoms with Gasteiger partial charge in [-0.1, -0.05) is 48.5 Å². The Morgan fingerprint density at radius 3 is 2.29 bits per heavy atom. The van der Waals surface area contributed by atoms with Crippen LogP contribution in [0.4, 0.5) is 5.69 Å². The van der Waals surface area contributed by atoms with Gasteiger partial charge in [0.1, 0.15) is 6.54 Å². The van der Waals surface area contributed by atoms with E-state index in [-0.39, 0.29) is 47.3 Å². The molecule has 2 aromatic heterocycles. The summed E-state index contributed by atoms with van der Waals surface area (Å²) in [6.07, 6.45) is 0. The van der Waals surface area contributed by atoms with Gasteiger partial charge in [-0.3, -0.25) is 19.0 Å². The SMILES string of the molecule is CC(C)NC(=O)c1ccc2c(=O)n(Cc3ccccc3)c3nn(CC(=O)Nc4ccccc4)c(=O)n3c2c1. The Kier molecular flexibility index (Phi) is 6.61. The van der Waals surface area contributed by atoms with Crippen molar-refractivity contribution < 1.29 is 9.59 Å². The largest absolute Gasteiger partial charge is 0.352 e. The summed E-state index contributed by atoms with van der Waals surface area (Å²) in [5.41, 5.74) is 1.00. The predicted octanol–water partition coefficient (Wildman–Crippen LogP) is 2.64. The van der Waals surface area contributed by atoms with Gasteiger partial charge in [0.15, 0.2) is 0 Å². The number of benzene rings is 3. The normalized spacial score (nSPS) is 11.2. The first-order valence-corrected chi connectivity index (χ1v) is 12.2. The fourth-order valence-electron chi connectivity index (χ4n) is 4.27. The molecule has 2 amide bonds. The molecule has 10 heteroatoms. The number of fused-ring (bicyclic) bond motifs is 3. The molecule has 0 aliphatic carbocycles. The van der Waals surface area contributed by atoms with Crippen LogP contribution in [0.3, 0.4) is 0 Å². The number of rotatable bonds is 7. The number of carbonyl (C=O) groups excluding carboxylic acids is 2. The summed E-state index contributed by atoms with van der Waals surface area (Å²) < 4.78 is 3.70. The summed E-state index contributed by atoms with van der Waals surface area (Å²) in [6.45, 7) is 3.49. The summed E-state index contributed by atoms with van der Waals surface area (Å²) in [5, 5.41) is 10.2. The zero-order chi connectivity index (χ0) is 26.8. The summed E-state index contributed by atoms with van der Waals surface area (Å²) in [7, 11) is 0. The number of hydrogen-bond acceptors (Lipinski definition) is 5. The van der Waals surface area contributed by atoms with E-state index in [0.29, 0.717) is 11.3 Å². The van der Waals surface area contributed by atoms with Gasteiger partial charge in [-0.15, -0.1) is 5.10 Å². The summed E-state index contributed by atoms with van der Waals surface area (Å²) in [4.78, 5) is 52.6. The Bertz CT molecular complexity index is 1770. The van der Waals surface area contributed by atoms with E-state index in [1.807, 2.05) is 50.2 Å². The van der Waals surface area contributed by atoms with Gasteiger partial charge < -0.3 is 10.6 Å². The second-order valence-electron chi connectivity index (χ2n) is 9.23. The van der Waals surface area contributed by atoms with Gasteiger partial charge >= 0.3 is 5.69 Å². The molecule has 0 aliphatic rings. The number of nitrogens with zero attached hydrogens (tertiary/aromatic N) is 4. The van der Waals surface area contributed by atoms with E-state index < -0.39 is 11.6 Å². The Balaban J connectivity index is 1.67. The van der Waals surface area contributed by atoms with Crippen LogP contribution in [0.25, 0.3) is 16.7 Å². The van der Waals surface area contributed by atoms with Crippen LogP contribution in [-0.4, -0.2) is 36.6 Å². The van der Waals surface area contributed by atoms with Crippen LogP contribution in [0, 0.1) is 0 Å². The van der Waals surface area contributed by atoms with Crippen molar-refractivity contribution in [3.05, 3.63) is 111 Å². The van der Waals surface area contributed by atoms with Crippen molar-refractivity contribution in [3.63, 3.8) is 0 Å². The molecule has 0 unspecified atom stereocenters. The molecule has 0 aliphatic heterocycles. The lowest BCUT2D eigenvalue weighted by Gasteiger charge is -2.12. The summed E-state index contributed by atoms with van der Waals surface area (Å²) in [6, 6.07) is 22.7. The van der Waals surface area contributed by atoms with Crippen LogP contribution < -0.4 is 21.9 Å². The minimum Gasteiger partial charge on any atom is -0.350 e. The lowest BCUT2D eigenvalue weighted by atomic mass is 10.1. The topological polar surface area (TPSA) is 120 Å². The molecule has 5 rings (SSSR count). The molecule has 0 atom stereocenters. The zero-order valence-corrected chi connectivity index (χ0v) is 20.9. The van der Waals surface area contributed by atoms with Crippen molar-refractivity contribution in [2.45, 2.75) is 33.0 Å². The van der Waals surface area contributed by atoms with Crippen molar-refractivity contribution in [2.24, 2.45) is 0 Å². The first-order chi connectivity index (χ1) is 18.3. The molecule has 0 radical (unpaired) electrons. The molecule has 192 valence electrons. The van der Waals surface area contributed by atoms with Gasteiger partial charge in [-0.25, -0.2) is 13.9 Å². The fraction of sp³-hybridized carbons (Fsp3) is 0.179. The van der Waals surface area contributed by atoms with E-state index in [9.17, 15) is 19.2 Å². The number of amides is 2. The Morgan fingerprint density at radius 1 is 0.921 bits per heavy atom. The maximum Gasteiger partial charge on any atom is 0.352 e.